The van der Waals surface area contributed by atoms with Crippen molar-refractivity contribution < 1.29 is 23.2 Å². The zero-order chi connectivity index (χ0) is 20.5. The summed E-state index contributed by atoms with van der Waals surface area (Å²) in [5.74, 6) is -4.29. The number of carbonyl (C=O) groups excluding carboxylic acids is 3. The molecule has 5 nitrogen and oxygen atoms in total. The molecule has 1 aliphatic carbocycles. The van der Waals surface area contributed by atoms with Crippen molar-refractivity contribution in [2.75, 3.05) is 0 Å². The number of amides is 3. The van der Waals surface area contributed by atoms with Crippen LogP contribution in [0.25, 0.3) is 5.03 Å². The van der Waals surface area contributed by atoms with E-state index in [0.717, 1.165) is 11.3 Å². The predicted molar refractivity (Wildman–Crippen MR) is 103 cm³/mol. The molecule has 3 amide bonds. The van der Waals surface area contributed by atoms with Crippen LogP contribution in [-0.4, -0.2) is 29.7 Å². The maximum atomic E-state index is 14.1. The summed E-state index contributed by atoms with van der Waals surface area (Å²) < 4.78 is 28.1. The third-order valence-corrected chi connectivity index (χ3v) is 6.14. The molecule has 0 bridgehead atoms. The lowest BCUT2D eigenvalue weighted by atomic mass is 9.96. The Bertz CT molecular complexity index is 892. The van der Waals surface area contributed by atoms with E-state index < -0.39 is 23.8 Å². The summed E-state index contributed by atoms with van der Waals surface area (Å²) in [6.45, 7) is 1.41. The van der Waals surface area contributed by atoms with E-state index in [1.165, 1.54) is 19.1 Å². The molecule has 0 radical (unpaired) electrons. The minimum absolute atomic E-state index is 0.119. The lowest BCUT2D eigenvalue weighted by Gasteiger charge is -2.22. The molecule has 3 rings (SSSR count). The van der Waals surface area contributed by atoms with Crippen molar-refractivity contribution in [2.45, 2.75) is 51.0 Å². The van der Waals surface area contributed by atoms with Crippen molar-refractivity contribution in [1.29, 1.82) is 0 Å². The van der Waals surface area contributed by atoms with E-state index in [2.05, 4.69) is 10.6 Å². The highest BCUT2D eigenvalue weighted by molar-refractivity contribution is 7.12. The Morgan fingerprint density at radius 2 is 2.14 bits per heavy atom. The SMILES string of the molecule is CCC(F)(F)C1=C/CCc2c(csc2C(=O)NC2CCC(=O)NC2=O)/C(Cl)=C\1. The number of allylic oxidation sites excluding steroid dienone is 3. The van der Waals surface area contributed by atoms with Gasteiger partial charge in [0.05, 0.1) is 4.88 Å². The third-order valence-electron chi connectivity index (χ3n) is 4.81. The van der Waals surface area contributed by atoms with Gasteiger partial charge in [-0.2, -0.15) is 0 Å². The molecule has 1 unspecified atom stereocenters. The van der Waals surface area contributed by atoms with Crippen LogP contribution >= 0.6 is 22.9 Å². The average molecular weight is 429 g/mol. The van der Waals surface area contributed by atoms with Crippen LogP contribution in [0.15, 0.2) is 23.1 Å². The van der Waals surface area contributed by atoms with Crippen molar-refractivity contribution in [1.82, 2.24) is 10.6 Å². The van der Waals surface area contributed by atoms with E-state index in [1.54, 1.807) is 5.38 Å². The second kappa shape index (κ2) is 8.13. The first-order valence-electron chi connectivity index (χ1n) is 8.94. The van der Waals surface area contributed by atoms with Gasteiger partial charge in [0.1, 0.15) is 6.04 Å². The molecule has 1 aliphatic heterocycles. The van der Waals surface area contributed by atoms with E-state index in [-0.39, 0.29) is 35.8 Å². The first-order chi connectivity index (χ1) is 13.2. The molecule has 28 heavy (non-hydrogen) atoms. The van der Waals surface area contributed by atoms with Crippen molar-refractivity contribution in [3.05, 3.63) is 39.1 Å². The van der Waals surface area contributed by atoms with Crippen LogP contribution in [0.5, 0.6) is 0 Å². The van der Waals surface area contributed by atoms with Gasteiger partial charge >= 0.3 is 0 Å². The fourth-order valence-electron chi connectivity index (χ4n) is 3.18. The van der Waals surface area contributed by atoms with Crippen LogP contribution in [0.1, 0.15) is 53.4 Å². The maximum absolute atomic E-state index is 14.1. The molecule has 1 saturated heterocycles. The lowest BCUT2D eigenvalue weighted by molar-refractivity contribution is -0.134. The number of thiophene rings is 1. The molecule has 1 fully saturated rings. The number of halogens is 3. The van der Waals surface area contributed by atoms with E-state index in [9.17, 15) is 23.2 Å². The fraction of sp³-hybridized carbons (Fsp3) is 0.421. The largest absolute Gasteiger partial charge is 0.340 e. The molecule has 1 atom stereocenters. The smallest absolute Gasteiger partial charge is 0.272 e. The number of piperidine rings is 1. The Morgan fingerprint density at radius 3 is 2.82 bits per heavy atom. The number of hydrogen-bond donors (Lipinski definition) is 2. The Labute approximate surface area is 169 Å². The van der Waals surface area contributed by atoms with Gasteiger partial charge in [-0.15, -0.1) is 11.3 Å². The molecular formula is C19H19ClF2N2O3S. The van der Waals surface area contributed by atoms with Crippen LogP contribution in [0.3, 0.4) is 0 Å². The summed E-state index contributed by atoms with van der Waals surface area (Å²) in [7, 11) is 0. The molecular weight excluding hydrogens is 410 g/mol. The van der Waals surface area contributed by atoms with Gasteiger partial charge in [-0.25, -0.2) is 8.78 Å². The van der Waals surface area contributed by atoms with Crippen molar-refractivity contribution >= 4 is 45.7 Å². The second-order valence-corrected chi connectivity index (χ2v) is 7.97. The normalized spacial score (nSPS) is 24.1. The molecule has 0 aromatic carbocycles. The monoisotopic (exact) mass is 428 g/mol. The summed E-state index contributed by atoms with van der Waals surface area (Å²) >= 11 is 7.45. The predicted octanol–water partition coefficient (Wildman–Crippen LogP) is 3.78. The number of carbonyl (C=O) groups is 3. The van der Waals surface area contributed by atoms with Crippen LogP contribution in [0, 0.1) is 0 Å². The molecule has 2 N–H and O–H groups in total. The van der Waals surface area contributed by atoms with Gasteiger partial charge in [-0.05, 0) is 30.9 Å². The number of imide groups is 1. The Kier molecular flexibility index (Phi) is 6.00. The van der Waals surface area contributed by atoms with Crippen molar-refractivity contribution in [3.8, 4) is 0 Å². The van der Waals surface area contributed by atoms with Crippen LogP contribution in [0.2, 0.25) is 0 Å². The van der Waals surface area contributed by atoms with Crippen LogP contribution < -0.4 is 10.6 Å². The maximum Gasteiger partial charge on any atom is 0.272 e. The zero-order valence-corrected chi connectivity index (χ0v) is 16.7. The molecule has 150 valence electrons. The number of alkyl halides is 2. The van der Waals surface area contributed by atoms with Crippen molar-refractivity contribution in [3.63, 3.8) is 0 Å². The van der Waals surface area contributed by atoms with E-state index >= 15 is 0 Å². The third kappa shape index (κ3) is 4.17. The highest BCUT2D eigenvalue weighted by Gasteiger charge is 2.33. The molecule has 9 heteroatoms. The van der Waals surface area contributed by atoms with Gasteiger partial charge < -0.3 is 5.32 Å². The second-order valence-electron chi connectivity index (χ2n) is 6.68. The fourth-order valence-corrected chi connectivity index (χ4v) is 4.56. The summed E-state index contributed by atoms with van der Waals surface area (Å²) in [5.41, 5.74) is 1.11. The highest BCUT2D eigenvalue weighted by atomic mass is 35.5. The Balaban J connectivity index is 1.83. The van der Waals surface area contributed by atoms with Gasteiger partial charge in [0.15, 0.2) is 0 Å². The minimum Gasteiger partial charge on any atom is -0.340 e. The van der Waals surface area contributed by atoms with Gasteiger partial charge in [-0.3, -0.25) is 19.7 Å². The first-order valence-corrected chi connectivity index (χ1v) is 10.2. The Morgan fingerprint density at radius 1 is 1.39 bits per heavy atom. The minimum atomic E-state index is -2.96. The van der Waals surface area contributed by atoms with Gasteiger partial charge in [0, 0.05) is 34.4 Å². The number of fused-ring (bicyclic) bond motifs is 1. The number of nitrogens with one attached hydrogen (secondary N) is 2. The highest BCUT2D eigenvalue weighted by Crippen LogP contribution is 2.38. The molecule has 0 saturated carbocycles. The quantitative estimate of drug-likeness (QED) is 0.716. The van der Waals surface area contributed by atoms with Gasteiger partial charge in [0.25, 0.3) is 11.8 Å². The summed E-state index contributed by atoms with van der Waals surface area (Å²) in [6, 6.07) is -0.780. The average Bonchev–Trinajstić information content (AvgIpc) is 3.05. The van der Waals surface area contributed by atoms with Crippen LogP contribution in [-0.2, 0) is 16.0 Å². The molecule has 1 aromatic rings. The zero-order valence-electron chi connectivity index (χ0n) is 15.1. The number of hydrogen-bond acceptors (Lipinski definition) is 4. The van der Waals surface area contributed by atoms with E-state index in [1.807, 2.05) is 0 Å². The van der Waals surface area contributed by atoms with Gasteiger partial charge in [-0.1, -0.05) is 24.6 Å². The van der Waals surface area contributed by atoms with Gasteiger partial charge in [0.2, 0.25) is 11.8 Å². The standard InChI is InChI=1S/C19H19ClF2N2O3S/c1-2-19(21,22)10-4-3-5-11-12(13(20)8-10)9-28-16(11)18(27)23-14-6-7-15(25)24-17(14)26/h4,8-9,14H,2-3,5-7H2,1H3,(H,23,27)(H,24,25,26)/b10-4+,13-8+. The van der Waals surface area contributed by atoms with Crippen molar-refractivity contribution in [2.24, 2.45) is 0 Å². The first kappa shape index (κ1) is 20.7. The topological polar surface area (TPSA) is 75.3 Å². The lowest BCUT2D eigenvalue weighted by Crippen LogP contribution is -2.52. The van der Waals surface area contributed by atoms with E-state index in [0.29, 0.717) is 28.8 Å². The molecule has 2 aliphatic rings. The molecule has 2 heterocycles. The summed E-state index contributed by atoms with van der Waals surface area (Å²) in [5, 5.41) is 6.66. The van der Waals surface area contributed by atoms with E-state index in [4.69, 9.17) is 11.6 Å². The number of rotatable bonds is 4. The summed E-state index contributed by atoms with van der Waals surface area (Å²) in [4.78, 5) is 36.2. The van der Waals surface area contributed by atoms with Crippen LogP contribution in [0.4, 0.5) is 8.78 Å². The molecule has 1 aromatic heterocycles. The molecule has 0 spiro atoms. The Hall–Kier alpha value is -2.06. The summed E-state index contributed by atoms with van der Waals surface area (Å²) in [6.07, 6.45) is 3.51.